The monoisotopic (exact) mass is 251 g/mol. The van der Waals surface area contributed by atoms with Crippen molar-refractivity contribution in [3.8, 4) is 0 Å². The van der Waals surface area contributed by atoms with Gasteiger partial charge in [-0.05, 0) is 18.9 Å². The minimum atomic E-state index is -0.450. The number of hydrogen-bond donors (Lipinski definition) is 2. The number of carbonyl (C=O) groups excluding carboxylic acids is 2. The summed E-state index contributed by atoms with van der Waals surface area (Å²) in [4.78, 5) is 23.0. The SMILES string of the molecule is COC(=O)c1cc(N)cn1CCC(=O)NC1CC1. The van der Waals surface area contributed by atoms with Crippen LogP contribution < -0.4 is 11.1 Å². The smallest absolute Gasteiger partial charge is 0.354 e. The van der Waals surface area contributed by atoms with E-state index in [0.29, 0.717) is 30.4 Å². The Hall–Kier alpha value is -1.98. The number of nitrogens with two attached hydrogens (primary N) is 1. The average Bonchev–Trinajstić information content (AvgIpc) is 3.07. The molecule has 1 amide bonds. The summed E-state index contributed by atoms with van der Waals surface area (Å²) in [6.07, 6.45) is 4.09. The zero-order valence-electron chi connectivity index (χ0n) is 10.3. The highest BCUT2D eigenvalue weighted by Gasteiger charge is 2.23. The molecule has 0 aliphatic heterocycles. The summed E-state index contributed by atoms with van der Waals surface area (Å²) in [6, 6.07) is 1.90. The number of carbonyl (C=O) groups is 2. The second-order valence-electron chi connectivity index (χ2n) is 4.44. The molecule has 0 saturated heterocycles. The Balaban J connectivity index is 1.95. The molecular formula is C12H17N3O3. The molecule has 1 fully saturated rings. The maximum atomic E-state index is 11.6. The van der Waals surface area contributed by atoms with Gasteiger partial charge in [0.2, 0.25) is 5.91 Å². The predicted molar refractivity (Wildman–Crippen MR) is 66.0 cm³/mol. The Morgan fingerprint density at radius 1 is 1.56 bits per heavy atom. The van der Waals surface area contributed by atoms with E-state index in [1.165, 1.54) is 7.11 Å². The van der Waals surface area contributed by atoms with Crippen LogP contribution in [0.2, 0.25) is 0 Å². The first-order chi connectivity index (χ1) is 8.60. The van der Waals surface area contributed by atoms with Gasteiger partial charge < -0.3 is 20.4 Å². The molecule has 3 N–H and O–H groups in total. The van der Waals surface area contributed by atoms with E-state index in [1.54, 1.807) is 16.8 Å². The van der Waals surface area contributed by atoms with Crippen molar-refractivity contribution < 1.29 is 14.3 Å². The summed E-state index contributed by atoms with van der Waals surface area (Å²) in [5, 5.41) is 2.89. The van der Waals surface area contributed by atoms with Crippen molar-refractivity contribution >= 4 is 17.6 Å². The van der Waals surface area contributed by atoms with Crippen molar-refractivity contribution in [1.82, 2.24) is 9.88 Å². The Kier molecular flexibility index (Phi) is 3.55. The first kappa shape index (κ1) is 12.5. The predicted octanol–water partition coefficient (Wildman–Crippen LogP) is 0.526. The molecule has 0 aromatic carbocycles. The number of nitrogens with one attached hydrogen (secondary N) is 1. The van der Waals surface area contributed by atoms with Gasteiger partial charge in [0.1, 0.15) is 5.69 Å². The van der Waals surface area contributed by atoms with Crippen molar-refractivity contribution in [2.75, 3.05) is 12.8 Å². The van der Waals surface area contributed by atoms with Gasteiger partial charge in [-0.15, -0.1) is 0 Å². The summed E-state index contributed by atoms with van der Waals surface area (Å²) in [6.45, 7) is 0.417. The number of ether oxygens (including phenoxy) is 1. The van der Waals surface area contributed by atoms with Crippen LogP contribution in [0.1, 0.15) is 29.8 Å². The van der Waals surface area contributed by atoms with E-state index in [9.17, 15) is 9.59 Å². The van der Waals surface area contributed by atoms with E-state index in [-0.39, 0.29) is 5.91 Å². The lowest BCUT2D eigenvalue weighted by atomic mass is 10.3. The summed E-state index contributed by atoms with van der Waals surface area (Å²) >= 11 is 0. The number of amides is 1. The third kappa shape index (κ3) is 3.03. The maximum absolute atomic E-state index is 11.6. The fourth-order valence-corrected chi connectivity index (χ4v) is 1.74. The third-order valence-corrected chi connectivity index (χ3v) is 2.83. The van der Waals surface area contributed by atoms with Crippen LogP contribution in [-0.4, -0.2) is 29.6 Å². The highest BCUT2D eigenvalue weighted by Crippen LogP contribution is 2.19. The van der Waals surface area contributed by atoms with Crippen LogP contribution >= 0.6 is 0 Å². The normalized spacial score (nSPS) is 14.3. The fraction of sp³-hybridized carbons (Fsp3) is 0.500. The lowest BCUT2D eigenvalue weighted by molar-refractivity contribution is -0.121. The second-order valence-corrected chi connectivity index (χ2v) is 4.44. The van der Waals surface area contributed by atoms with Crippen LogP contribution in [0.3, 0.4) is 0 Å². The number of hydrogen-bond acceptors (Lipinski definition) is 4. The first-order valence-corrected chi connectivity index (χ1v) is 5.93. The molecule has 2 rings (SSSR count). The Morgan fingerprint density at radius 3 is 2.89 bits per heavy atom. The molecule has 1 aromatic heterocycles. The standard InChI is InChI=1S/C12H17N3O3/c1-18-12(17)10-6-8(13)7-15(10)5-4-11(16)14-9-2-3-9/h6-7,9H,2-5,13H2,1H3,(H,14,16). The average molecular weight is 251 g/mol. The van der Waals surface area contributed by atoms with Crippen LogP contribution in [0.4, 0.5) is 5.69 Å². The van der Waals surface area contributed by atoms with E-state index < -0.39 is 5.97 Å². The van der Waals surface area contributed by atoms with Gasteiger partial charge in [0.25, 0.3) is 0 Å². The molecule has 0 unspecified atom stereocenters. The third-order valence-electron chi connectivity index (χ3n) is 2.83. The van der Waals surface area contributed by atoms with E-state index in [4.69, 9.17) is 5.73 Å². The van der Waals surface area contributed by atoms with Gasteiger partial charge >= 0.3 is 5.97 Å². The molecule has 0 radical (unpaired) electrons. The van der Waals surface area contributed by atoms with Crippen LogP contribution in [0.5, 0.6) is 0 Å². The molecule has 98 valence electrons. The Morgan fingerprint density at radius 2 is 2.28 bits per heavy atom. The molecule has 0 spiro atoms. The number of rotatable bonds is 5. The van der Waals surface area contributed by atoms with Gasteiger partial charge in [-0.25, -0.2) is 4.79 Å². The van der Waals surface area contributed by atoms with E-state index in [0.717, 1.165) is 12.8 Å². The first-order valence-electron chi connectivity index (χ1n) is 5.93. The molecule has 18 heavy (non-hydrogen) atoms. The highest BCUT2D eigenvalue weighted by atomic mass is 16.5. The number of methoxy groups -OCH3 is 1. The zero-order valence-corrected chi connectivity index (χ0v) is 10.3. The van der Waals surface area contributed by atoms with Crippen molar-refractivity contribution in [3.05, 3.63) is 18.0 Å². The van der Waals surface area contributed by atoms with Crippen LogP contribution in [0.25, 0.3) is 0 Å². The summed E-state index contributed by atoms with van der Waals surface area (Å²) < 4.78 is 6.30. The molecule has 6 nitrogen and oxygen atoms in total. The van der Waals surface area contributed by atoms with E-state index >= 15 is 0 Å². The molecular weight excluding hydrogens is 234 g/mol. The number of nitrogen functional groups attached to an aromatic ring is 1. The van der Waals surface area contributed by atoms with Gasteiger partial charge in [0.15, 0.2) is 0 Å². The lowest BCUT2D eigenvalue weighted by Gasteiger charge is -2.07. The van der Waals surface area contributed by atoms with Gasteiger partial charge in [-0.3, -0.25) is 4.79 Å². The Labute approximate surface area is 105 Å². The molecule has 1 aliphatic rings. The molecule has 1 aromatic rings. The van der Waals surface area contributed by atoms with Crippen molar-refractivity contribution in [2.24, 2.45) is 0 Å². The zero-order chi connectivity index (χ0) is 13.1. The van der Waals surface area contributed by atoms with E-state index in [2.05, 4.69) is 10.1 Å². The number of nitrogens with zero attached hydrogens (tertiary/aromatic N) is 1. The molecule has 0 bridgehead atoms. The quantitative estimate of drug-likeness (QED) is 0.747. The van der Waals surface area contributed by atoms with Crippen molar-refractivity contribution in [2.45, 2.75) is 31.8 Å². The van der Waals surface area contributed by atoms with Gasteiger partial charge in [-0.1, -0.05) is 0 Å². The summed E-state index contributed by atoms with van der Waals surface area (Å²) in [5.41, 5.74) is 6.49. The largest absolute Gasteiger partial charge is 0.464 e. The molecule has 1 aliphatic carbocycles. The topological polar surface area (TPSA) is 86.3 Å². The molecule has 6 heteroatoms. The van der Waals surface area contributed by atoms with Gasteiger partial charge in [0.05, 0.1) is 12.8 Å². The summed E-state index contributed by atoms with van der Waals surface area (Å²) in [5.74, 6) is -0.449. The Bertz CT molecular complexity index is 463. The van der Waals surface area contributed by atoms with Gasteiger partial charge in [0, 0.05) is 25.2 Å². The molecule has 0 atom stereocenters. The van der Waals surface area contributed by atoms with E-state index in [1.807, 2.05) is 0 Å². The minimum absolute atomic E-state index is 0.000544. The maximum Gasteiger partial charge on any atom is 0.354 e. The number of anilines is 1. The van der Waals surface area contributed by atoms with Crippen LogP contribution in [-0.2, 0) is 16.1 Å². The lowest BCUT2D eigenvalue weighted by Crippen LogP contribution is -2.26. The van der Waals surface area contributed by atoms with Crippen LogP contribution in [0, 0.1) is 0 Å². The van der Waals surface area contributed by atoms with Crippen LogP contribution in [0.15, 0.2) is 12.3 Å². The highest BCUT2D eigenvalue weighted by molar-refractivity contribution is 5.89. The molecule has 1 saturated carbocycles. The summed E-state index contributed by atoms with van der Waals surface area (Å²) in [7, 11) is 1.32. The number of esters is 1. The van der Waals surface area contributed by atoms with Crippen molar-refractivity contribution in [3.63, 3.8) is 0 Å². The fourth-order valence-electron chi connectivity index (χ4n) is 1.74. The minimum Gasteiger partial charge on any atom is -0.464 e. The number of aryl methyl sites for hydroxylation is 1. The van der Waals surface area contributed by atoms with Gasteiger partial charge in [-0.2, -0.15) is 0 Å². The van der Waals surface area contributed by atoms with Crippen molar-refractivity contribution in [1.29, 1.82) is 0 Å². The second kappa shape index (κ2) is 5.12. The number of aromatic nitrogens is 1. The molecule has 1 heterocycles.